The van der Waals surface area contributed by atoms with Gasteiger partial charge in [-0.2, -0.15) is 0 Å². The van der Waals surface area contributed by atoms with Crippen LogP contribution in [0.3, 0.4) is 0 Å². The SMILES string of the molecule is C[C@@H]1CCCC[C@H]1NC(=O)[C@@H](C)OC(=O)c1ccc(Br)cc1F. The first-order valence-corrected chi connectivity index (χ1v) is 8.64. The number of esters is 1. The molecule has 6 heteroatoms. The van der Waals surface area contributed by atoms with Crippen molar-refractivity contribution in [3.8, 4) is 0 Å². The maximum Gasteiger partial charge on any atom is 0.341 e. The highest BCUT2D eigenvalue weighted by Gasteiger charge is 2.27. The molecule has 0 heterocycles. The molecule has 0 spiro atoms. The molecule has 0 aliphatic heterocycles. The van der Waals surface area contributed by atoms with E-state index < -0.39 is 17.9 Å². The van der Waals surface area contributed by atoms with Gasteiger partial charge in [0.1, 0.15) is 5.82 Å². The predicted molar refractivity (Wildman–Crippen MR) is 88.5 cm³/mol. The molecule has 1 aromatic rings. The highest BCUT2D eigenvalue weighted by molar-refractivity contribution is 9.10. The van der Waals surface area contributed by atoms with Gasteiger partial charge in [0, 0.05) is 10.5 Å². The Labute approximate surface area is 143 Å². The zero-order valence-corrected chi connectivity index (χ0v) is 14.9. The van der Waals surface area contributed by atoms with Gasteiger partial charge < -0.3 is 10.1 Å². The first-order chi connectivity index (χ1) is 10.9. The smallest absolute Gasteiger partial charge is 0.341 e. The Morgan fingerprint density at radius 1 is 1.35 bits per heavy atom. The van der Waals surface area contributed by atoms with Crippen molar-refractivity contribution in [1.29, 1.82) is 0 Å². The van der Waals surface area contributed by atoms with Crippen LogP contribution in [-0.2, 0) is 9.53 Å². The highest BCUT2D eigenvalue weighted by atomic mass is 79.9. The lowest BCUT2D eigenvalue weighted by molar-refractivity contribution is -0.130. The number of hydrogen-bond acceptors (Lipinski definition) is 3. The second-order valence-corrected chi connectivity index (χ2v) is 6.96. The lowest BCUT2D eigenvalue weighted by Gasteiger charge is -2.30. The maximum absolute atomic E-state index is 13.7. The molecule has 4 nitrogen and oxygen atoms in total. The molecule has 23 heavy (non-hydrogen) atoms. The second kappa shape index (κ2) is 7.90. The van der Waals surface area contributed by atoms with Crippen molar-refractivity contribution in [2.75, 3.05) is 0 Å². The Morgan fingerprint density at radius 2 is 2.04 bits per heavy atom. The van der Waals surface area contributed by atoms with Gasteiger partial charge in [-0.3, -0.25) is 4.79 Å². The van der Waals surface area contributed by atoms with Crippen LogP contribution in [0.2, 0.25) is 0 Å². The molecular formula is C17H21BrFNO3. The van der Waals surface area contributed by atoms with Crippen molar-refractivity contribution in [2.24, 2.45) is 5.92 Å². The van der Waals surface area contributed by atoms with E-state index in [2.05, 4.69) is 28.2 Å². The molecule has 0 aromatic heterocycles. The normalized spacial score (nSPS) is 22.3. The molecule has 1 saturated carbocycles. The van der Waals surface area contributed by atoms with E-state index in [1.54, 1.807) is 6.07 Å². The van der Waals surface area contributed by atoms with Crippen LogP contribution in [-0.4, -0.2) is 24.0 Å². The number of carbonyl (C=O) groups is 2. The summed E-state index contributed by atoms with van der Waals surface area (Å²) in [5.74, 6) is -1.44. The third kappa shape index (κ3) is 4.77. The topological polar surface area (TPSA) is 55.4 Å². The van der Waals surface area contributed by atoms with Crippen LogP contribution in [0.1, 0.15) is 49.9 Å². The molecule has 0 saturated heterocycles. The Hall–Kier alpha value is -1.43. The van der Waals surface area contributed by atoms with Crippen LogP contribution in [0.5, 0.6) is 0 Å². The fourth-order valence-corrected chi connectivity index (χ4v) is 3.10. The number of amides is 1. The van der Waals surface area contributed by atoms with Crippen molar-refractivity contribution in [1.82, 2.24) is 5.32 Å². The number of carbonyl (C=O) groups excluding carboxylic acids is 2. The zero-order valence-electron chi connectivity index (χ0n) is 13.3. The van der Waals surface area contributed by atoms with E-state index >= 15 is 0 Å². The molecule has 0 unspecified atom stereocenters. The first kappa shape index (κ1) is 17.9. The number of ether oxygens (including phenoxy) is 1. The van der Waals surface area contributed by atoms with E-state index in [1.807, 2.05) is 0 Å². The van der Waals surface area contributed by atoms with E-state index in [4.69, 9.17) is 4.74 Å². The van der Waals surface area contributed by atoms with Gasteiger partial charge in [-0.05, 0) is 43.9 Å². The summed E-state index contributed by atoms with van der Waals surface area (Å²) in [6.45, 7) is 3.61. The van der Waals surface area contributed by atoms with E-state index in [0.29, 0.717) is 10.4 Å². The molecule has 1 aromatic carbocycles. The third-order valence-electron chi connectivity index (χ3n) is 4.24. The average Bonchev–Trinajstić information content (AvgIpc) is 2.49. The van der Waals surface area contributed by atoms with Crippen molar-refractivity contribution in [3.05, 3.63) is 34.1 Å². The number of benzene rings is 1. The summed E-state index contributed by atoms with van der Waals surface area (Å²) in [5, 5.41) is 2.93. The van der Waals surface area contributed by atoms with Gasteiger partial charge in [0.05, 0.1) is 5.56 Å². The average molecular weight is 386 g/mol. The number of halogens is 2. The van der Waals surface area contributed by atoms with E-state index in [-0.39, 0.29) is 17.5 Å². The zero-order chi connectivity index (χ0) is 17.0. The molecule has 1 fully saturated rings. The molecule has 0 radical (unpaired) electrons. The summed E-state index contributed by atoms with van der Waals surface area (Å²) in [6, 6.07) is 4.18. The van der Waals surface area contributed by atoms with Crippen LogP contribution in [0, 0.1) is 11.7 Å². The van der Waals surface area contributed by atoms with Crippen molar-refractivity contribution < 1.29 is 18.7 Å². The lowest BCUT2D eigenvalue weighted by atomic mass is 9.86. The minimum absolute atomic E-state index is 0.113. The number of rotatable bonds is 4. The fraction of sp³-hybridized carbons (Fsp3) is 0.529. The molecule has 2 rings (SSSR count). The van der Waals surface area contributed by atoms with Crippen LogP contribution in [0.25, 0.3) is 0 Å². The minimum atomic E-state index is -0.959. The monoisotopic (exact) mass is 385 g/mol. The molecule has 3 atom stereocenters. The predicted octanol–water partition coefficient (Wildman–Crippen LogP) is 3.83. The van der Waals surface area contributed by atoms with Crippen molar-refractivity contribution >= 4 is 27.8 Å². The quantitative estimate of drug-likeness (QED) is 0.801. The molecule has 1 aliphatic carbocycles. The van der Waals surface area contributed by atoms with Crippen LogP contribution >= 0.6 is 15.9 Å². The van der Waals surface area contributed by atoms with Crippen LogP contribution in [0.4, 0.5) is 4.39 Å². The van der Waals surface area contributed by atoms with Gasteiger partial charge in [0.25, 0.3) is 5.91 Å². The number of nitrogens with one attached hydrogen (secondary N) is 1. The summed E-state index contributed by atoms with van der Waals surface area (Å²) in [4.78, 5) is 24.2. The molecular weight excluding hydrogens is 365 g/mol. The molecule has 1 N–H and O–H groups in total. The molecule has 1 amide bonds. The molecule has 0 bridgehead atoms. The van der Waals surface area contributed by atoms with Gasteiger partial charge in [0.15, 0.2) is 6.10 Å². The summed E-state index contributed by atoms with van der Waals surface area (Å²) in [7, 11) is 0. The van der Waals surface area contributed by atoms with E-state index in [1.165, 1.54) is 25.5 Å². The Morgan fingerprint density at radius 3 is 2.70 bits per heavy atom. The fourth-order valence-electron chi connectivity index (χ4n) is 2.76. The van der Waals surface area contributed by atoms with Gasteiger partial charge in [-0.15, -0.1) is 0 Å². The van der Waals surface area contributed by atoms with Crippen LogP contribution in [0.15, 0.2) is 22.7 Å². The largest absolute Gasteiger partial charge is 0.449 e. The second-order valence-electron chi connectivity index (χ2n) is 6.05. The third-order valence-corrected chi connectivity index (χ3v) is 4.74. The minimum Gasteiger partial charge on any atom is -0.449 e. The Bertz CT molecular complexity index is 593. The van der Waals surface area contributed by atoms with E-state index in [9.17, 15) is 14.0 Å². The molecule has 1 aliphatic rings. The van der Waals surface area contributed by atoms with Gasteiger partial charge in [0.2, 0.25) is 0 Å². The number of hydrogen-bond donors (Lipinski definition) is 1. The maximum atomic E-state index is 13.7. The Kier molecular flexibility index (Phi) is 6.16. The summed E-state index contributed by atoms with van der Waals surface area (Å²) < 4.78 is 19.4. The Balaban J connectivity index is 1.93. The van der Waals surface area contributed by atoms with Gasteiger partial charge >= 0.3 is 5.97 Å². The lowest BCUT2D eigenvalue weighted by Crippen LogP contribution is -2.46. The van der Waals surface area contributed by atoms with Gasteiger partial charge in [-0.25, -0.2) is 9.18 Å². The molecule has 126 valence electrons. The van der Waals surface area contributed by atoms with E-state index in [0.717, 1.165) is 19.3 Å². The standard InChI is InChI=1S/C17H21BrFNO3/c1-10-5-3-4-6-15(10)20-16(21)11(2)23-17(22)13-8-7-12(18)9-14(13)19/h7-11,15H,3-6H2,1-2H3,(H,20,21)/t10-,11-,15-/m1/s1. The summed E-state index contributed by atoms with van der Waals surface area (Å²) in [5.41, 5.74) is -0.182. The van der Waals surface area contributed by atoms with Crippen molar-refractivity contribution in [3.63, 3.8) is 0 Å². The first-order valence-electron chi connectivity index (χ1n) is 7.85. The highest BCUT2D eigenvalue weighted by Crippen LogP contribution is 2.24. The van der Waals surface area contributed by atoms with Crippen molar-refractivity contribution in [2.45, 2.75) is 51.7 Å². The summed E-state index contributed by atoms with van der Waals surface area (Å²) in [6.07, 6.45) is 3.34. The van der Waals surface area contributed by atoms with Gasteiger partial charge in [-0.1, -0.05) is 35.7 Å². The summed E-state index contributed by atoms with van der Waals surface area (Å²) >= 11 is 3.12. The van der Waals surface area contributed by atoms with Crippen LogP contribution < -0.4 is 5.32 Å².